The van der Waals surface area contributed by atoms with Crippen molar-refractivity contribution in [3.8, 4) is 0 Å². The molecule has 1 aromatic carbocycles. The van der Waals surface area contributed by atoms with E-state index in [4.69, 9.17) is 5.73 Å². The molecule has 21 heavy (non-hydrogen) atoms. The SMILES string of the molecule is NCCCN(c1cccc(F)c1)c1nnc(C(F)(F)F)s1. The molecule has 0 aliphatic rings. The van der Waals surface area contributed by atoms with Crippen molar-refractivity contribution in [2.24, 2.45) is 5.73 Å². The molecule has 114 valence electrons. The average Bonchev–Trinajstić information content (AvgIpc) is 2.89. The van der Waals surface area contributed by atoms with Crippen LogP contribution in [0.4, 0.5) is 28.4 Å². The first kappa shape index (κ1) is 15.6. The minimum atomic E-state index is -4.54. The fraction of sp³-hybridized carbons (Fsp3) is 0.333. The van der Waals surface area contributed by atoms with E-state index in [1.165, 1.54) is 23.1 Å². The van der Waals surface area contributed by atoms with E-state index in [1.54, 1.807) is 6.07 Å². The molecule has 0 radical (unpaired) electrons. The second kappa shape index (κ2) is 6.35. The van der Waals surface area contributed by atoms with Crippen molar-refractivity contribution >= 4 is 22.2 Å². The molecule has 2 N–H and O–H groups in total. The average molecular weight is 320 g/mol. The predicted molar refractivity (Wildman–Crippen MR) is 72.0 cm³/mol. The third kappa shape index (κ3) is 3.88. The number of hydrogen-bond donors (Lipinski definition) is 1. The number of alkyl halides is 3. The first-order valence-electron chi connectivity index (χ1n) is 6.05. The zero-order valence-electron chi connectivity index (χ0n) is 10.8. The molecule has 4 nitrogen and oxygen atoms in total. The Hall–Kier alpha value is -1.74. The molecule has 1 aromatic heterocycles. The molecular formula is C12H12F4N4S. The van der Waals surface area contributed by atoms with Gasteiger partial charge in [0.05, 0.1) is 0 Å². The minimum Gasteiger partial charge on any atom is -0.330 e. The maximum atomic E-state index is 13.3. The first-order valence-corrected chi connectivity index (χ1v) is 6.87. The van der Waals surface area contributed by atoms with Gasteiger partial charge in [0.2, 0.25) is 10.1 Å². The summed E-state index contributed by atoms with van der Waals surface area (Å²) in [4.78, 5) is 1.48. The Kier molecular flexibility index (Phi) is 4.73. The topological polar surface area (TPSA) is 55.0 Å². The standard InChI is InChI=1S/C12H12F4N4S/c13-8-3-1-4-9(7-8)20(6-2-5-17)11-19-18-10(21-11)12(14,15)16/h1,3-4,7H,2,5-6,17H2. The van der Waals surface area contributed by atoms with Gasteiger partial charge in [0.15, 0.2) is 0 Å². The molecule has 0 saturated heterocycles. The van der Waals surface area contributed by atoms with Gasteiger partial charge in [0, 0.05) is 12.2 Å². The van der Waals surface area contributed by atoms with Gasteiger partial charge in [-0.25, -0.2) is 4.39 Å². The number of aromatic nitrogens is 2. The van der Waals surface area contributed by atoms with Crippen LogP contribution in [0.2, 0.25) is 0 Å². The van der Waals surface area contributed by atoms with Gasteiger partial charge in [0.25, 0.3) is 0 Å². The third-order valence-electron chi connectivity index (χ3n) is 2.59. The van der Waals surface area contributed by atoms with Gasteiger partial charge in [-0.05, 0) is 31.2 Å². The van der Waals surface area contributed by atoms with Gasteiger partial charge in [-0.2, -0.15) is 13.2 Å². The summed E-state index contributed by atoms with van der Waals surface area (Å²) in [6.45, 7) is 0.684. The fourth-order valence-electron chi connectivity index (χ4n) is 1.67. The second-order valence-electron chi connectivity index (χ2n) is 4.16. The molecule has 0 unspecified atom stereocenters. The van der Waals surface area contributed by atoms with Crippen LogP contribution in [0, 0.1) is 5.82 Å². The first-order chi connectivity index (χ1) is 9.91. The molecule has 0 fully saturated rings. The highest BCUT2D eigenvalue weighted by molar-refractivity contribution is 7.15. The van der Waals surface area contributed by atoms with Crippen molar-refractivity contribution in [3.63, 3.8) is 0 Å². The molecule has 1 heterocycles. The molecule has 0 spiro atoms. The van der Waals surface area contributed by atoms with E-state index in [9.17, 15) is 17.6 Å². The van der Waals surface area contributed by atoms with E-state index in [0.29, 0.717) is 36.5 Å². The number of rotatable bonds is 5. The third-order valence-corrected chi connectivity index (χ3v) is 3.58. The van der Waals surface area contributed by atoms with E-state index < -0.39 is 17.0 Å². The van der Waals surface area contributed by atoms with Crippen LogP contribution in [0.3, 0.4) is 0 Å². The van der Waals surface area contributed by atoms with Crippen molar-refractivity contribution < 1.29 is 17.6 Å². The zero-order chi connectivity index (χ0) is 15.5. The lowest BCUT2D eigenvalue weighted by Gasteiger charge is -2.21. The lowest BCUT2D eigenvalue weighted by molar-refractivity contribution is -0.138. The molecule has 0 aliphatic heterocycles. The van der Waals surface area contributed by atoms with Crippen molar-refractivity contribution in [1.82, 2.24) is 10.2 Å². The monoisotopic (exact) mass is 320 g/mol. The molecular weight excluding hydrogens is 308 g/mol. The normalized spacial score (nSPS) is 11.7. The van der Waals surface area contributed by atoms with Gasteiger partial charge in [-0.1, -0.05) is 17.4 Å². The summed E-state index contributed by atoms with van der Waals surface area (Å²) in [6, 6.07) is 5.55. The number of halogens is 4. The molecule has 0 aliphatic carbocycles. The van der Waals surface area contributed by atoms with Crippen LogP contribution < -0.4 is 10.6 Å². The van der Waals surface area contributed by atoms with Gasteiger partial charge in [-0.3, -0.25) is 0 Å². The second-order valence-corrected chi connectivity index (χ2v) is 5.12. The van der Waals surface area contributed by atoms with Crippen LogP contribution in [0.5, 0.6) is 0 Å². The molecule has 0 saturated carbocycles. The van der Waals surface area contributed by atoms with E-state index in [-0.39, 0.29) is 5.13 Å². The predicted octanol–water partition coefficient (Wildman–Crippen LogP) is 3.18. The Morgan fingerprint density at radius 2 is 2.00 bits per heavy atom. The number of anilines is 2. The Bertz CT molecular complexity index is 599. The molecule has 9 heteroatoms. The summed E-state index contributed by atoms with van der Waals surface area (Å²) in [5.74, 6) is -0.481. The van der Waals surface area contributed by atoms with E-state index in [1.807, 2.05) is 0 Å². The van der Waals surface area contributed by atoms with Crippen molar-refractivity contribution in [2.45, 2.75) is 12.6 Å². The van der Waals surface area contributed by atoms with Crippen molar-refractivity contribution in [1.29, 1.82) is 0 Å². The highest BCUT2D eigenvalue weighted by Gasteiger charge is 2.36. The number of nitrogens with zero attached hydrogens (tertiary/aromatic N) is 3. The molecule has 2 rings (SSSR count). The number of hydrogen-bond acceptors (Lipinski definition) is 5. The van der Waals surface area contributed by atoms with Gasteiger partial charge in [0.1, 0.15) is 5.82 Å². The zero-order valence-corrected chi connectivity index (χ0v) is 11.6. The highest BCUT2D eigenvalue weighted by atomic mass is 32.1. The summed E-state index contributed by atoms with van der Waals surface area (Å²) >= 11 is 0.414. The summed E-state index contributed by atoms with van der Waals surface area (Å²) < 4.78 is 51.1. The quantitative estimate of drug-likeness (QED) is 0.860. The van der Waals surface area contributed by atoms with Crippen LogP contribution >= 0.6 is 11.3 Å². The van der Waals surface area contributed by atoms with E-state index >= 15 is 0 Å². The van der Waals surface area contributed by atoms with E-state index in [0.717, 1.165) is 0 Å². The Morgan fingerprint density at radius 3 is 2.57 bits per heavy atom. The maximum absolute atomic E-state index is 13.3. The number of nitrogens with two attached hydrogens (primary N) is 1. The van der Waals surface area contributed by atoms with Gasteiger partial charge in [-0.15, -0.1) is 10.2 Å². The maximum Gasteiger partial charge on any atom is 0.445 e. The van der Waals surface area contributed by atoms with E-state index in [2.05, 4.69) is 10.2 Å². The van der Waals surface area contributed by atoms with Gasteiger partial charge >= 0.3 is 6.18 Å². The van der Waals surface area contributed by atoms with Gasteiger partial charge < -0.3 is 10.6 Å². The minimum absolute atomic E-state index is 0.0568. The van der Waals surface area contributed by atoms with Crippen LogP contribution in [0.1, 0.15) is 11.4 Å². The molecule has 2 aromatic rings. The van der Waals surface area contributed by atoms with Crippen molar-refractivity contribution in [2.75, 3.05) is 18.0 Å². The summed E-state index contributed by atoms with van der Waals surface area (Å²) in [7, 11) is 0. The van der Waals surface area contributed by atoms with Crippen LogP contribution in [-0.4, -0.2) is 23.3 Å². The van der Waals surface area contributed by atoms with Crippen LogP contribution in [0.25, 0.3) is 0 Å². The smallest absolute Gasteiger partial charge is 0.330 e. The Labute approximate surface area is 122 Å². The number of benzene rings is 1. The largest absolute Gasteiger partial charge is 0.445 e. The lowest BCUT2D eigenvalue weighted by atomic mass is 10.2. The lowest BCUT2D eigenvalue weighted by Crippen LogP contribution is -2.20. The fourth-order valence-corrected chi connectivity index (χ4v) is 2.43. The highest BCUT2D eigenvalue weighted by Crippen LogP contribution is 2.36. The summed E-state index contributed by atoms with van der Waals surface area (Å²) in [5, 5.41) is 5.72. The molecule has 0 amide bonds. The van der Waals surface area contributed by atoms with Crippen LogP contribution in [0.15, 0.2) is 24.3 Å². The molecule has 0 bridgehead atoms. The molecule has 0 atom stereocenters. The summed E-state index contributed by atoms with van der Waals surface area (Å²) in [5.41, 5.74) is 5.83. The Balaban J connectivity index is 2.34. The Morgan fingerprint density at radius 1 is 1.24 bits per heavy atom. The van der Waals surface area contributed by atoms with Crippen molar-refractivity contribution in [3.05, 3.63) is 35.1 Å². The van der Waals surface area contributed by atoms with Crippen LogP contribution in [-0.2, 0) is 6.18 Å². The summed E-state index contributed by atoms with van der Waals surface area (Å²) in [6.07, 6.45) is -4.02.